The quantitative estimate of drug-likeness (QED) is 0.784. The zero-order valence-corrected chi connectivity index (χ0v) is 11.2. The second kappa shape index (κ2) is 4.68. The Labute approximate surface area is 107 Å². The number of rotatable bonds is 1. The van der Waals surface area contributed by atoms with E-state index in [9.17, 15) is 14.3 Å². The molecule has 2 heterocycles. The van der Waals surface area contributed by atoms with Crippen LogP contribution in [0.4, 0.5) is 9.18 Å². The Hall–Kier alpha value is -0.840. The number of nitrogens with zero attached hydrogens (tertiary/aromatic N) is 1. The maximum Gasteiger partial charge on any atom is 0.410 e. The minimum Gasteiger partial charge on any atom is -0.444 e. The SMILES string of the molecule is CC(C)(C)OC(=O)N1[C@H](CF)[C@@H]2CC[C@H]1[C@H](O)C2. The van der Waals surface area contributed by atoms with Crippen molar-refractivity contribution in [2.45, 2.75) is 63.8 Å². The maximum absolute atomic E-state index is 13.2. The third-order valence-corrected chi connectivity index (χ3v) is 3.84. The minimum absolute atomic E-state index is 0.0579. The first kappa shape index (κ1) is 13.6. The number of amides is 1. The Morgan fingerprint density at radius 3 is 2.61 bits per heavy atom. The summed E-state index contributed by atoms with van der Waals surface area (Å²) in [6, 6.07) is -0.715. The molecule has 4 nitrogen and oxygen atoms in total. The van der Waals surface area contributed by atoms with Gasteiger partial charge in [-0.15, -0.1) is 0 Å². The van der Waals surface area contributed by atoms with Crippen molar-refractivity contribution in [1.29, 1.82) is 0 Å². The summed E-state index contributed by atoms with van der Waals surface area (Å²) in [6.07, 6.45) is 1.17. The highest BCUT2D eigenvalue weighted by Crippen LogP contribution is 2.40. The molecule has 1 N–H and O–H groups in total. The fraction of sp³-hybridized carbons (Fsp3) is 0.923. The average Bonchev–Trinajstić information content (AvgIpc) is 2.26. The van der Waals surface area contributed by atoms with Crippen molar-refractivity contribution in [2.75, 3.05) is 6.67 Å². The number of piperidine rings is 2. The number of carbonyl (C=O) groups is 1. The minimum atomic E-state index is -0.598. The van der Waals surface area contributed by atoms with E-state index in [0.29, 0.717) is 6.42 Å². The van der Waals surface area contributed by atoms with E-state index in [1.807, 2.05) is 0 Å². The van der Waals surface area contributed by atoms with Crippen LogP contribution in [0.5, 0.6) is 0 Å². The number of halogens is 1. The highest BCUT2D eigenvalue weighted by atomic mass is 19.1. The van der Waals surface area contributed by atoms with Crippen molar-refractivity contribution in [3.05, 3.63) is 0 Å². The lowest BCUT2D eigenvalue weighted by atomic mass is 9.73. The van der Waals surface area contributed by atoms with Crippen LogP contribution in [0.25, 0.3) is 0 Å². The summed E-state index contributed by atoms with van der Waals surface area (Å²) < 4.78 is 18.5. The van der Waals surface area contributed by atoms with Gasteiger partial charge >= 0.3 is 6.09 Å². The molecule has 3 aliphatic rings. The maximum atomic E-state index is 13.2. The number of aliphatic hydroxyl groups is 1. The van der Waals surface area contributed by atoms with Crippen molar-refractivity contribution in [2.24, 2.45) is 5.92 Å². The number of carbonyl (C=O) groups excluding carboxylic acids is 1. The fourth-order valence-corrected chi connectivity index (χ4v) is 3.10. The van der Waals surface area contributed by atoms with Crippen LogP contribution >= 0.6 is 0 Å². The zero-order chi connectivity index (χ0) is 13.5. The normalized spacial score (nSPS) is 35.7. The van der Waals surface area contributed by atoms with Crippen LogP contribution in [0.1, 0.15) is 40.0 Å². The fourth-order valence-electron chi connectivity index (χ4n) is 3.10. The van der Waals surface area contributed by atoms with Gasteiger partial charge < -0.3 is 9.84 Å². The van der Waals surface area contributed by atoms with Gasteiger partial charge in [0.1, 0.15) is 12.3 Å². The Morgan fingerprint density at radius 2 is 2.11 bits per heavy atom. The monoisotopic (exact) mass is 259 g/mol. The summed E-state index contributed by atoms with van der Waals surface area (Å²) in [4.78, 5) is 13.6. The van der Waals surface area contributed by atoms with E-state index in [4.69, 9.17) is 4.74 Å². The molecule has 1 saturated carbocycles. The predicted molar refractivity (Wildman–Crippen MR) is 65.0 cm³/mol. The van der Waals surface area contributed by atoms with Gasteiger partial charge in [0.25, 0.3) is 0 Å². The van der Waals surface area contributed by atoms with Crippen LogP contribution in [0.2, 0.25) is 0 Å². The highest BCUT2D eigenvalue weighted by molar-refractivity contribution is 5.69. The molecule has 0 spiro atoms. The van der Waals surface area contributed by atoms with E-state index in [1.54, 1.807) is 20.8 Å². The molecule has 5 heteroatoms. The van der Waals surface area contributed by atoms with Gasteiger partial charge in [0, 0.05) is 0 Å². The number of alkyl halides is 1. The van der Waals surface area contributed by atoms with Crippen LogP contribution in [0.15, 0.2) is 0 Å². The molecule has 3 rings (SSSR count). The molecule has 3 fully saturated rings. The van der Waals surface area contributed by atoms with Crippen LogP contribution in [0.3, 0.4) is 0 Å². The van der Waals surface area contributed by atoms with Gasteiger partial charge in [-0.25, -0.2) is 9.18 Å². The lowest BCUT2D eigenvalue weighted by Crippen LogP contribution is -2.64. The highest BCUT2D eigenvalue weighted by Gasteiger charge is 2.49. The van der Waals surface area contributed by atoms with Gasteiger partial charge in [-0.05, 0) is 46.0 Å². The smallest absolute Gasteiger partial charge is 0.410 e. The lowest BCUT2D eigenvalue weighted by molar-refractivity contribution is -0.0976. The number of hydrogen-bond acceptors (Lipinski definition) is 3. The van der Waals surface area contributed by atoms with Crippen molar-refractivity contribution in [1.82, 2.24) is 4.90 Å². The summed E-state index contributed by atoms with van der Waals surface area (Å²) in [7, 11) is 0. The molecule has 2 saturated heterocycles. The second-order valence-corrected chi connectivity index (χ2v) is 6.32. The van der Waals surface area contributed by atoms with Crippen LogP contribution in [-0.2, 0) is 4.74 Å². The molecule has 0 aromatic carbocycles. The van der Waals surface area contributed by atoms with Gasteiger partial charge in [-0.3, -0.25) is 4.90 Å². The van der Waals surface area contributed by atoms with E-state index in [2.05, 4.69) is 0 Å². The first-order valence-corrected chi connectivity index (χ1v) is 6.59. The molecule has 1 aliphatic carbocycles. The summed E-state index contributed by atoms with van der Waals surface area (Å²) in [5.41, 5.74) is -0.598. The van der Waals surface area contributed by atoms with E-state index >= 15 is 0 Å². The van der Waals surface area contributed by atoms with E-state index in [0.717, 1.165) is 12.8 Å². The second-order valence-electron chi connectivity index (χ2n) is 6.32. The largest absolute Gasteiger partial charge is 0.444 e. The molecular weight excluding hydrogens is 237 g/mol. The van der Waals surface area contributed by atoms with Gasteiger partial charge in [0.2, 0.25) is 0 Å². The Bertz CT molecular complexity index is 327. The molecule has 18 heavy (non-hydrogen) atoms. The lowest BCUT2D eigenvalue weighted by Gasteiger charge is -2.52. The predicted octanol–water partition coefficient (Wildman–Crippen LogP) is 2.10. The van der Waals surface area contributed by atoms with Crippen LogP contribution in [-0.4, -0.2) is 46.6 Å². The molecular formula is C13H22FNO3. The molecule has 0 unspecified atom stereocenters. The van der Waals surface area contributed by atoms with Crippen molar-refractivity contribution in [3.8, 4) is 0 Å². The number of ether oxygens (including phenoxy) is 1. The van der Waals surface area contributed by atoms with Crippen LogP contribution in [0, 0.1) is 5.92 Å². The standard InChI is InChI=1S/C13H22FNO3/c1-13(2,3)18-12(17)15-9-5-4-8(6-11(9)16)10(15)7-14/h8-11,16H,4-7H2,1-3H3/t8-,9+,10-,11-/m1/s1. The third kappa shape index (κ3) is 2.46. The summed E-state index contributed by atoms with van der Waals surface area (Å²) in [5.74, 6) is 0.0579. The molecule has 2 aliphatic heterocycles. The molecule has 2 bridgehead atoms. The number of hydrogen-bond donors (Lipinski definition) is 1. The molecule has 0 aromatic rings. The van der Waals surface area contributed by atoms with Crippen molar-refractivity contribution >= 4 is 6.09 Å². The van der Waals surface area contributed by atoms with Crippen molar-refractivity contribution < 1.29 is 19.0 Å². The molecule has 1 amide bonds. The van der Waals surface area contributed by atoms with Crippen LogP contribution < -0.4 is 0 Å². The third-order valence-electron chi connectivity index (χ3n) is 3.84. The number of fused-ring (bicyclic) bond motifs is 3. The first-order chi connectivity index (χ1) is 8.33. The first-order valence-electron chi connectivity index (χ1n) is 6.59. The molecule has 104 valence electrons. The average molecular weight is 259 g/mol. The molecule has 0 aromatic heterocycles. The van der Waals surface area contributed by atoms with E-state index in [-0.39, 0.29) is 12.0 Å². The summed E-state index contributed by atoms with van der Waals surface area (Å²) >= 11 is 0. The molecule has 4 atom stereocenters. The summed E-state index contributed by atoms with van der Waals surface area (Å²) in [5, 5.41) is 9.96. The Balaban J connectivity index is 2.16. The van der Waals surface area contributed by atoms with E-state index < -0.39 is 30.5 Å². The summed E-state index contributed by atoms with van der Waals surface area (Å²) in [6.45, 7) is 4.79. The molecule has 0 radical (unpaired) electrons. The van der Waals surface area contributed by atoms with Gasteiger partial charge in [-0.2, -0.15) is 0 Å². The van der Waals surface area contributed by atoms with Gasteiger partial charge in [0.05, 0.1) is 18.2 Å². The number of aliphatic hydroxyl groups excluding tert-OH is 1. The zero-order valence-electron chi connectivity index (χ0n) is 11.2. The van der Waals surface area contributed by atoms with Gasteiger partial charge in [-0.1, -0.05) is 0 Å². The van der Waals surface area contributed by atoms with Gasteiger partial charge in [0.15, 0.2) is 0 Å². The Morgan fingerprint density at radius 1 is 1.44 bits per heavy atom. The Kier molecular flexibility index (Phi) is 3.54. The van der Waals surface area contributed by atoms with E-state index in [1.165, 1.54) is 4.90 Å². The van der Waals surface area contributed by atoms with Crippen molar-refractivity contribution in [3.63, 3.8) is 0 Å². The topological polar surface area (TPSA) is 49.8 Å².